The molecule has 0 aromatic heterocycles. The van der Waals surface area contributed by atoms with Gasteiger partial charge in [0.1, 0.15) is 0 Å². The van der Waals surface area contributed by atoms with Crippen molar-refractivity contribution >= 4 is 33.2 Å². The van der Waals surface area contributed by atoms with Crippen molar-refractivity contribution in [3.05, 3.63) is 89.5 Å². The van der Waals surface area contributed by atoms with Crippen LogP contribution in [0.1, 0.15) is 26.3 Å². The summed E-state index contributed by atoms with van der Waals surface area (Å²) < 4.78 is 32.8. The number of nitrogens with zero attached hydrogens (tertiary/aromatic N) is 1. The average Bonchev–Trinajstić information content (AvgIpc) is 2.86. The number of hydrogen-bond acceptors (Lipinski definition) is 5. The van der Waals surface area contributed by atoms with Gasteiger partial charge in [-0.05, 0) is 61.0 Å². The molecule has 1 aliphatic rings. The highest BCUT2D eigenvalue weighted by molar-refractivity contribution is 7.89. The number of aryl methyl sites for hydroxylation is 1. The quantitative estimate of drug-likeness (QED) is 0.563. The second kappa shape index (κ2) is 10.2. The number of ether oxygens (including phenoxy) is 1. The molecule has 176 valence electrons. The molecule has 0 spiro atoms. The van der Waals surface area contributed by atoms with Gasteiger partial charge in [-0.2, -0.15) is 4.31 Å². The Kier molecular flexibility index (Phi) is 7.06. The van der Waals surface area contributed by atoms with Crippen molar-refractivity contribution in [2.24, 2.45) is 0 Å². The summed E-state index contributed by atoms with van der Waals surface area (Å²) in [4.78, 5) is 25.2. The SMILES string of the molecule is Cc1ccc(NC(=O)c2ccc(NC(=O)c3ccccc3)cc2)cc1S(=O)(=O)N1CCOCC1. The molecule has 1 aliphatic heterocycles. The first kappa shape index (κ1) is 23.6. The number of morpholine rings is 1. The van der Waals surface area contributed by atoms with E-state index in [0.717, 1.165) is 0 Å². The number of rotatable bonds is 6. The van der Waals surface area contributed by atoms with Crippen LogP contribution in [0.2, 0.25) is 0 Å². The number of carbonyl (C=O) groups is 2. The molecule has 2 amide bonds. The summed E-state index contributed by atoms with van der Waals surface area (Å²) in [6, 6.07) is 20.1. The fourth-order valence-electron chi connectivity index (χ4n) is 3.58. The summed E-state index contributed by atoms with van der Waals surface area (Å²) in [5.74, 6) is -0.633. The number of sulfonamides is 1. The Morgan fingerprint density at radius 1 is 0.794 bits per heavy atom. The molecule has 0 bridgehead atoms. The number of nitrogens with one attached hydrogen (secondary N) is 2. The summed E-state index contributed by atoms with van der Waals surface area (Å²) in [7, 11) is -3.69. The Hall–Kier alpha value is -3.53. The molecule has 2 N–H and O–H groups in total. The van der Waals surface area contributed by atoms with Gasteiger partial charge in [0.25, 0.3) is 11.8 Å². The maximum Gasteiger partial charge on any atom is 0.255 e. The van der Waals surface area contributed by atoms with Crippen molar-refractivity contribution in [1.29, 1.82) is 0 Å². The molecule has 0 unspecified atom stereocenters. The predicted octanol–water partition coefficient (Wildman–Crippen LogP) is 3.52. The van der Waals surface area contributed by atoms with Gasteiger partial charge < -0.3 is 15.4 Å². The Morgan fingerprint density at radius 2 is 1.35 bits per heavy atom. The smallest absolute Gasteiger partial charge is 0.255 e. The van der Waals surface area contributed by atoms with Gasteiger partial charge in [-0.3, -0.25) is 9.59 Å². The minimum atomic E-state index is -3.69. The van der Waals surface area contributed by atoms with Crippen LogP contribution in [0.25, 0.3) is 0 Å². The Bertz CT molecular complexity index is 1290. The lowest BCUT2D eigenvalue weighted by molar-refractivity contribution is 0.0730. The van der Waals surface area contributed by atoms with Gasteiger partial charge in [0.2, 0.25) is 10.0 Å². The molecule has 9 heteroatoms. The maximum absolute atomic E-state index is 13.1. The van der Waals surface area contributed by atoms with E-state index in [0.29, 0.717) is 54.4 Å². The van der Waals surface area contributed by atoms with Crippen LogP contribution >= 0.6 is 0 Å². The molecule has 4 rings (SSSR count). The predicted molar refractivity (Wildman–Crippen MR) is 130 cm³/mol. The zero-order valence-corrected chi connectivity index (χ0v) is 19.5. The molecule has 0 aliphatic carbocycles. The van der Waals surface area contributed by atoms with Crippen LogP contribution in [0.3, 0.4) is 0 Å². The lowest BCUT2D eigenvalue weighted by atomic mass is 10.1. The van der Waals surface area contributed by atoms with E-state index < -0.39 is 10.0 Å². The van der Waals surface area contributed by atoms with Crippen molar-refractivity contribution in [2.45, 2.75) is 11.8 Å². The average molecular weight is 480 g/mol. The topological polar surface area (TPSA) is 105 Å². The zero-order chi connectivity index (χ0) is 24.1. The second-order valence-corrected chi connectivity index (χ2v) is 9.75. The van der Waals surface area contributed by atoms with E-state index >= 15 is 0 Å². The molecular weight excluding hydrogens is 454 g/mol. The van der Waals surface area contributed by atoms with E-state index in [9.17, 15) is 18.0 Å². The number of benzene rings is 3. The first-order valence-electron chi connectivity index (χ1n) is 10.8. The number of amides is 2. The van der Waals surface area contributed by atoms with Crippen LogP contribution < -0.4 is 10.6 Å². The molecular formula is C25H25N3O5S. The van der Waals surface area contributed by atoms with Crippen LogP contribution in [0, 0.1) is 6.92 Å². The van der Waals surface area contributed by atoms with Crippen molar-refractivity contribution in [3.63, 3.8) is 0 Å². The normalized spacial score (nSPS) is 14.4. The minimum absolute atomic E-state index is 0.158. The summed E-state index contributed by atoms with van der Waals surface area (Å²) in [6.45, 7) is 3.03. The third kappa shape index (κ3) is 5.33. The molecule has 1 heterocycles. The van der Waals surface area contributed by atoms with Crippen molar-refractivity contribution in [1.82, 2.24) is 4.31 Å². The van der Waals surface area contributed by atoms with Gasteiger partial charge >= 0.3 is 0 Å². The molecule has 8 nitrogen and oxygen atoms in total. The van der Waals surface area contributed by atoms with E-state index in [4.69, 9.17) is 4.74 Å². The van der Waals surface area contributed by atoms with Gasteiger partial charge in [-0.15, -0.1) is 0 Å². The lowest BCUT2D eigenvalue weighted by Gasteiger charge is -2.26. The van der Waals surface area contributed by atoms with Gasteiger partial charge in [0.15, 0.2) is 0 Å². The minimum Gasteiger partial charge on any atom is -0.379 e. The third-order valence-corrected chi connectivity index (χ3v) is 7.52. The molecule has 0 atom stereocenters. The molecule has 34 heavy (non-hydrogen) atoms. The van der Waals surface area contributed by atoms with E-state index in [-0.39, 0.29) is 16.7 Å². The number of carbonyl (C=O) groups excluding carboxylic acids is 2. The standard InChI is InChI=1S/C25H25N3O5S/c1-18-7-10-22(17-23(18)34(31,32)28-13-15-33-16-14-28)27-25(30)20-8-11-21(12-9-20)26-24(29)19-5-3-2-4-6-19/h2-12,17H,13-16H2,1H3,(H,26,29)(H,27,30). The molecule has 1 saturated heterocycles. The fraction of sp³-hybridized carbons (Fsp3) is 0.200. The first-order valence-corrected chi connectivity index (χ1v) is 12.2. The van der Waals surface area contributed by atoms with E-state index in [1.165, 1.54) is 10.4 Å². The maximum atomic E-state index is 13.1. The van der Waals surface area contributed by atoms with Gasteiger partial charge in [0, 0.05) is 35.6 Å². The second-order valence-electron chi connectivity index (χ2n) is 7.85. The number of hydrogen-bond donors (Lipinski definition) is 2. The Balaban J connectivity index is 1.45. The van der Waals surface area contributed by atoms with Gasteiger partial charge in [0.05, 0.1) is 18.1 Å². The fourth-order valence-corrected chi connectivity index (χ4v) is 5.24. The van der Waals surface area contributed by atoms with Crippen LogP contribution in [0.5, 0.6) is 0 Å². The summed E-state index contributed by atoms with van der Waals surface area (Å²) in [5, 5.41) is 5.54. The van der Waals surface area contributed by atoms with Crippen LogP contribution in [-0.4, -0.2) is 50.8 Å². The molecule has 3 aromatic carbocycles. The molecule has 0 radical (unpaired) electrons. The van der Waals surface area contributed by atoms with Crippen molar-refractivity contribution < 1.29 is 22.7 Å². The largest absolute Gasteiger partial charge is 0.379 e. The lowest BCUT2D eigenvalue weighted by Crippen LogP contribution is -2.40. The molecule has 3 aromatic rings. The molecule has 1 fully saturated rings. The van der Waals surface area contributed by atoms with Crippen molar-refractivity contribution in [2.75, 3.05) is 36.9 Å². The van der Waals surface area contributed by atoms with Gasteiger partial charge in [-0.25, -0.2) is 8.42 Å². The highest BCUT2D eigenvalue weighted by Crippen LogP contribution is 2.25. The Morgan fingerprint density at radius 3 is 2.00 bits per heavy atom. The van der Waals surface area contributed by atoms with E-state index in [2.05, 4.69) is 10.6 Å². The highest BCUT2D eigenvalue weighted by atomic mass is 32.2. The van der Waals surface area contributed by atoms with Crippen molar-refractivity contribution in [3.8, 4) is 0 Å². The van der Waals surface area contributed by atoms with E-state index in [1.807, 2.05) is 6.07 Å². The molecule has 0 saturated carbocycles. The summed E-state index contributed by atoms with van der Waals surface area (Å²) in [6.07, 6.45) is 0. The summed E-state index contributed by atoms with van der Waals surface area (Å²) in [5.41, 5.74) is 2.44. The van der Waals surface area contributed by atoms with Crippen LogP contribution in [-0.2, 0) is 14.8 Å². The van der Waals surface area contributed by atoms with Crippen LogP contribution in [0.4, 0.5) is 11.4 Å². The summed E-state index contributed by atoms with van der Waals surface area (Å²) >= 11 is 0. The zero-order valence-electron chi connectivity index (χ0n) is 18.7. The third-order valence-electron chi connectivity index (χ3n) is 5.47. The number of anilines is 2. The highest BCUT2D eigenvalue weighted by Gasteiger charge is 2.28. The first-order chi connectivity index (χ1) is 16.3. The van der Waals surface area contributed by atoms with Crippen LogP contribution in [0.15, 0.2) is 77.7 Å². The van der Waals surface area contributed by atoms with E-state index in [1.54, 1.807) is 67.6 Å². The Labute approximate surface area is 198 Å². The van der Waals surface area contributed by atoms with Gasteiger partial charge in [-0.1, -0.05) is 24.3 Å². The monoisotopic (exact) mass is 479 g/mol.